The largest absolute Gasteiger partial charge is 0.316 e. The monoisotopic (exact) mass is 286 g/mol. The standard InChI is InChI=1S/C17H26N4/c1-5-15(14-9-7-6-8-10-14)16(18-4)11-17-19-12-20-21(17)13(2)3/h6-10,12-13,15-16,18H,5,11H2,1-4H3. The van der Waals surface area contributed by atoms with Crippen molar-refractivity contribution in [1.82, 2.24) is 20.1 Å². The molecule has 2 atom stereocenters. The molecular weight excluding hydrogens is 260 g/mol. The quantitative estimate of drug-likeness (QED) is 0.850. The fraction of sp³-hybridized carbons (Fsp3) is 0.529. The summed E-state index contributed by atoms with van der Waals surface area (Å²) in [6.45, 7) is 6.53. The highest BCUT2D eigenvalue weighted by Crippen LogP contribution is 2.25. The molecule has 0 spiro atoms. The van der Waals surface area contributed by atoms with Crippen LogP contribution in [0.2, 0.25) is 0 Å². The third-order valence-electron chi connectivity index (χ3n) is 4.06. The van der Waals surface area contributed by atoms with Gasteiger partial charge in [-0.1, -0.05) is 37.3 Å². The average molecular weight is 286 g/mol. The van der Waals surface area contributed by atoms with Crippen LogP contribution in [0.5, 0.6) is 0 Å². The Morgan fingerprint density at radius 3 is 2.48 bits per heavy atom. The van der Waals surface area contributed by atoms with Crippen LogP contribution in [0.15, 0.2) is 36.7 Å². The number of rotatable bonds is 7. The Morgan fingerprint density at radius 2 is 1.90 bits per heavy atom. The van der Waals surface area contributed by atoms with Crippen LogP contribution in [0, 0.1) is 0 Å². The lowest BCUT2D eigenvalue weighted by molar-refractivity contribution is 0.418. The van der Waals surface area contributed by atoms with Crippen molar-refractivity contribution >= 4 is 0 Å². The second kappa shape index (κ2) is 7.36. The lowest BCUT2D eigenvalue weighted by Crippen LogP contribution is -2.35. The van der Waals surface area contributed by atoms with Crippen molar-refractivity contribution in [3.8, 4) is 0 Å². The molecule has 1 aromatic carbocycles. The molecule has 21 heavy (non-hydrogen) atoms. The van der Waals surface area contributed by atoms with Crippen molar-refractivity contribution in [2.45, 2.75) is 51.6 Å². The molecule has 1 aromatic heterocycles. The Balaban J connectivity index is 2.20. The van der Waals surface area contributed by atoms with Gasteiger partial charge in [-0.3, -0.25) is 0 Å². The highest BCUT2D eigenvalue weighted by molar-refractivity contribution is 5.21. The molecule has 0 saturated carbocycles. The van der Waals surface area contributed by atoms with Crippen molar-refractivity contribution < 1.29 is 0 Å². The number of hydrogen-bond acceptors (Lipinski definition) is 3. The van der Waals surface area contributed by atoms with Gasteiger partial charge in [0.1, 0.15) is 12.2 Å². The lowest BCUT2D eigenvalue weighted by Gasteiger charge is -2.26. The Morgan fingerprint density at radius 1 is 1.19 bits per heavy atom. The topological polar surface area (TPSA) is 42.7 Å². The first kappa shape index (κ1) is 15.7. The minimum absolute atomic E-state index is 0.344. The molecule has 0 fully saturated rings. The Kier molecular flexibility index (Phi) is 5.51. The predicted molar refractivity (Wildman–Crippen MR) is 86.4 cm³/mol. The van der Waals surface area contributed by atoms with E-state index >= 15 is 0 Å². The van der Waals surface area contributed by atoms with E-state index in [0.717, 1.165) is 18.7 Å². The van der Waals surface area contributed by atoms with Crippen molar-refractivity contribution in [2.24, 2.45) is 0 Å². The van der Waals surface area contributed by atoms with Gasteiger partial charge < -0.3 is 5.32 Å². The third kappa shape index (κ3) is 3.70. The van der Waals surface area contributed by atoms with Gasteiger partial charge in [-0.15, -0.1) is 0 Å². The van der Waals surface area contributed by atoms with E-state index in [4.69, 9.17) is 0 Å². The maximum atomic E-state index is 4.45. The first-order valence-electron chi connectivity index (χ1n) is 7.78. The molecule has 0 bridgehead atoms. The minimum Gasteiger partial charge on any atom is -0.316 e. The van der Waals surface area contributed by atoms with E-state index in [1.165, 1.54) is 5.56 Å². The van der Waals surface area contributed by atoms with Crippen LogP contribution >= 0.6 is 0 Å². The summed E-state index contributed by atoms with van der Waals surface area (Å²) in [4.78, 5) is 4.45. The second-order valence-electron chi connectivity index (χ2n) is 5.74. The number of aromatic nitrogens is 3. The Bertz CT molecular complexity index is 533. The molecule has 1 N–H and O–H groups in total. The van der Waals surface area contributed by atoms with Gasteiger partial charge in [0.25, 0.3) is 0 Å². The molecule has 114 valence electrons. The summed E-state index contributed by atoms with van der Waals surface area (Å²) >= 11 is 0. The van der Waals surface area contributed by atoms with Gasteiger partial charge in [0, 0.05) is 18.5 Å². The molecule has 0 aliphatic carbocycles. The van der Waals surface area contributed by atoms with Gasteiger partial charge in [0.05, 0.1) is 0 Å². The molecule has 0 aliphatic rings. The van der Waals surface area contributed by atoms with Crippen LogP contribution in [0.3, 0.4) is 0 Å². The van der Waals surface area contributed by atoms with Crippen molar-refractivity contribution in [1.29, 1.82) is 0 Å². The Hall–Kier alpha value is -1.68. The van der Waals surface area contributed by atoms with Crippen LogP contribution in [0.1, 0.15) is 50.5 Å². The van der Waals surface area contributed by atoms with Gasteiger partial charge in [-0.2, -0.15) is 5.10 Å². The summed E-state index contributed by atoms with van der Waals surface area (Å²) in [5.41, 5.74) is 1.38. The molecule has 4 heteroatoms. The average Bonchev–Trinajstić information content (AvgIpc) is 2.96. The summed E-state index contributed by atoms with van der Waals surface area (Å²) in [6, 6.07) is 11.4. The molecule has 0 saturated heterocycles. The number of nitrogens with zero attached hydrogens (tertiary/aromatic N) is 3. The maximum Gasteiger partial charge on any atom is 0.138 e. The lowest BCUT2D eigenvalue weighted by atomic mass is 9.87. The van der Waals surface area contributed by atoms with Crippen LogP contribution in [-0.4, -0.2) is 27.9 Å². The zero-order valence-electron chi connectivity index (χ0n) is 13.5. The molecule has 0 radical (unpaired) electrons. The molecule has 1 heterocycles. The first-order valence-corrected chi connectivity index (χ1v) is 7.78. The molecule has 2 aromatic rings. The van der Waals surface area contributed by atoms with Crippen molar-refractivity contribution in [3.05, 3.63) is 48.0 Å². The van der Waals surface area contributed by atoms with Crippen molar-refractivity contribution in [2.75, 3.05) is 7.05 Å². The van der Waals surface area contributed by atoms with E-state index in [1.807, 2.05) is 11.7 Å². The third-order valence-corrected chi connectivity index (χ3v) is 4.06. The van der Waals surface area contributed by atoms with E-state index in [1.54, 1.807) is 6.33 Å². The SMILES string of the molecule is CCC(c1ccccc1)C(Cc1ncnn1C(C)C)NC. The van der Waals surface area contributed by atoms with Gasteiger partial charge in [0.2, 0.25) is 0 Å². The fourth-order valence-electron chi connectivity index (χ4n) is 2.95. The maximum absolute atomic E-state index is 4.45. The van der Waals surface area contributed by atoms with E-state index in [0.29, 0.717) is 18.0 Å². The van der Waals surface area contributed by atoms with Gasteiger partial charge in [0.15, 0.2) is 0 Å². The van der Waals surface area contributed by atoms with Crippen LogP contribution < -0.4 is 5.32 Å². The predicted octanol–water partition coefficient (Wildman–Crippen LogP) is 3.18. The summed E-state index contributed by atoms with van der Waals surface area (Å²) < 4.78 is 2.02. The summed E-state index contributed by atoms with van der Waals surface area (Å²) in [5, 5.41) is 7.81. The van der Waals surface area contributed by atoms with E-state index in [2.05, 4.69) is 66.5 Å². The van der Waals surface area contributed by atoms with Crippen LogP contribution in [0.4, 0.5) is 0 Å². The number of nitrogens with one attached hydrogen (secondary N) is 1. The smallest absolute Gasteiger partial charge is 0.138 e. The zero-order valence-corrected chi connectivity index (χ0v) is 13.5. The minimum atomic E-state index is 0.344. The van der Waals surface area contributed by atoms with Crippen LogP contribution in [-0.2, 0) is 6.42 Å². The van der Waals surface area contributed by atoms with Crippen LogP contribution in [0.25, 0.3) is 0 Å². The Labute approximate surface area is 127 Å². The molecule has 2 rings (SSSR count). The summed E-state index contributed by atoms with van der Waals surface area (Å²) in [5.74, 6) is 1.53. The first-order chi connectivity index (χ1) is 10.2. The molecule has 0 amide bonds. The van der Waals surface area contributed by atoms with Gasteiger partial charge >= 0.3 is 0 Å². The second-order valence-corrected chi connectivity index (χ2v) is 5.74. The van der Waals surface area contributed by atoms with Gasteiger partial charge in [-0.25, -0.2) is 9.67 Å². The molecular formula is C17H26N4. The summed E-state index contributed by atoms with van der Waals surface area (Å²) in [7, 11) is 2.03. The molecule has 0 aliphatic heterocycles. The normalized spacial score (nSPS) is 14.3. The highest BCUT2D eigenvalue weighted by atomic mass is 15.3. The fourth-order valence-corrected chi connectivity index (χ4v) is 2.95. The summed E-state index contributed by atoms with van der Waals surface area (Å²) in [6.07, 6.45) is 3.65. The molecule has 4 nitrogen and oxygen atoms in total. The number of hydrogen-bond donors (Lipinski definition) is 1. The molecule has 2 unspecified atom stereocenters. The van der Waals surface area contributed by atoms with E-state index in [-0.39, 0.29) is 0 Å². The van der Waals surface area contributed by atoms with E-state index < -0.39 is 0 Å². The number of likely N-dealkylation sites (N-methyl/N-ethyl adjacent to an activating group) is 1. The van der Waals surface area contributed by atoms with Crippen molar-refractivity contribution in [3.63, 3.8) is 0 Å². The number of benzene rings is 1. The van der Waals surface area contributed by atoms with E-state index in [9.17, 15) is 0 Å². The highest BCUT2D eigenvalue weighted by Gasteiger charge is 2.23. The van der Waals surface area contributed by atoms with Gasteiger partial charge in [-0.05, 0) is 38.8 Å². The zero-order chi connectivity index (χ0) is 15.2.